The Bertz CT molecular complexity index is 648. The predicted octanol–water partition coefficient (Wildman–Crippen LogP) is 3.07. The minimum Gasteiger partial charge on any atom is -0.496 e. The van der Waals surface area contributed by atoms with Crippen molar-refractivity contribution >= 4 is 5.78 Å². The number of para-hydroxylation sites is 1. The number of rotatable bonds is 2. The fourth-order valence-corrected chi connectivity index (χ4v) is 1.56. The van der Waals surface area contributed by atoms with Crippen LogP contribution in [0.5, 0.6) is 5.75 Å². The molecule has 0 aromatic heterocycles. The van der Waals surface area contributed by atoms with E-state index in [1.807, 2.05) is 0 Å². The first kappa shape index (κ1) is 12.8. The summed E-state index contributed by atoms with van der Waals surface area (Å²) >= 11 is 0. The number of carbonyl (C=O) groups excluding carboxylic acids is 1. The van der Waals surface area contributed by atoms with Gasteiger partial charge in [-0.05, 0) is 42.3 Å². The maximum absolute atomic E-state index is 12.7. The van der Waals surface area contributed by atoms with Gasteiger partial charge in [-0.25, -0.2) is 4.39 Å². The lowest BCUT2D eigenvalue weighted by Gasteiger charge is -2.02. The first-order valence-corrected chi connectivity index (χ1v) is 5.65. The highest BCUT2D eigenvalue weighted by atomic mass is 19.1. The van der Waals surface area contributed by atoms with Crippen molar-refractivity contribution in [1.29, 1.82) is 0 Å². The van der Waals surface area contributed by atoms with E-state index in [2.05, 4.69) is 11.8 Å². The fourth-order valence-electron chi connectivity index (χ4n) is 1.56. The highest BCUT2D eigenvalue weighted by molar-refractivity contribution is 6.11. The SMILES string of the molecule is COc1ccccc1C(=O)C#Cc1ccc(F)cc1. The van der Waals surface area contributed by atoms with Gasteiger partial charge >= 0.3 is 0 Å². The van der Waals surface area contributed by atoms with Crippen molar-refractivity contribution in [2.75, 3.05) is 7.11 Å². The molecular weight excluding hydrogens is 243 g/mol. The molecule has 0 fully saturated rings. The van der Waals surface area contributed by atoms with Crippen molar-refractivity contribution in [2.45, 2.75) is 0 Å². The van der Waals surface area contributed by atoms with Crippen molar-refractivity contribution in [3.8, 4) is 17.6 Å². The highest BCUT2D eigenvalue weighted by Crippen LogP contribution is 2.17. The maximum atomic E-state index is 12.7. The predicted molar refractivity (Wildman–Crippen MR) is 70.6 cm³/mol. The first-order chi connectivity index (χ1) is 9.20. The molecule has 2 nitrogen and oxygen atoms in total. The van der Waals surface area contributed by atoms with Gasteiger partial charge in [0.05, 0.1) is 12.7 Å². The summed E-state index contributed by atoms with van der Waals surface area (Å²) in [5.41, 5.74) is 1.00. The van der Waals surface area contributed by atoms with Gasteiger partial charge in [-0.3, -0.25) is 4.79 Å². The number of benzene rings is 2. The topological polar surface area (TPSA) is 26.3 Å². The Labute approximate surface area is 110 Å². The van der Waals surface area contributed by atoms with Crippen LogP contribution in [0, 0.1) is 17.7 Å². The molecule has 2 rings (SSSR count). The Balaban J connectivity index is 2.24. The normalized spacial score (nSPS) is 9.37. The molecule has 0 spiro atoms. The van der Waals surface area contributed by atoms with Gasteiger partial charge in [0.15, 0.2) is 0 Å². The summed E-state index contributed by atoms with van der Waals surface area (Å²) in [6.45, 7) is 0. The molecule has 2 aromatic rings. The Kier molecular flexibility index (Phi) is 3.94. The lowest BCUT2D eigenvalue weighted by atomic mass is 10.1. The van der Waals surface area contributed by atoms with E-state index in [1.54, 1.807) is 24.3 Å². The number of ether oxygens (including phenoxy) is 1. The van der Waals surface area contributed by atoms with Crippen molar-refractivity contribution < 1.29 is 13.9 Å². The molecule has 0 saturated heterocycles. The minimum absolute atomic E-state index is 0.332. The third-order valence-electron chi connectivity index (χ3n) is 2.52. The largest absolute Gasteiger partial charge is 0.496 e. The molecule has 2 aromatic carbocycles. The second-order valence-corrected chi connectivity index (χ2v) is 3.79. The van der Waals surface area contributed by atoms with Crippen LogP contribution >= 0.6 is 0 Å². The van der Waals surface area contributed by atoms with Crippen molar-refractivity contribution in [1.82, 2.24) is 0 Å². The van der Waals surface area contributed by atoms with Crippen molar-refractivity contribution in [3.05, 3.63) is 65.5 Å². The molecule has 0 aliphatic carbocycles. The molecule has 0 saturated carbocycles. The molecule has 0 unspecified atom stereocenters. The Morgan fingerprint density at radius 1 is 1.11 bits per heavy atom. The van der Waals surface area contributed by atoms with Gasteiger partial charge in [0.1, 0.15) is 11.6 Å². The monoisotopic (exact) mass is 254 g/mol. The quantitative estimate of drug-likeness (QED) is 0.608. The van der Waals surface area contributed by atoms with E-state index in [4.69, 9.17) is 4.74 Å². The van der Waals surface area contributed by atoms with Gasteiger partial charge in [-0.15, -0.1) is 0 Å². The molecule has 94 valence electrons. The van der Waals surface area contributed by atoms with E-state index in [-0.39, 0.29) is 11.6 Å². The van der Waals surface area contributed by atoms with Gasteiger partial charge in [0.2, 0.25) is 5.78 Å². The zero-order valence-corrected chi connectivity index (χ0v) is 10.3. The van der Waals surface area contributed by atoms with Crippen LogP contribution < -0.4 is 4.74 Å². The van der Waals surface area contributed by atoms with Crippen LogP contribution in [0.15, 0.2) is 48.5 Å². The van der Waals surface area contributed by atoms with E-state index in [0.717, 1.165) is 0 Å². The highest BCUT2D eigenvalue weighted by Gasteiger charge is 2.08. The number of carbonyl (C=O) groups is 1. The average Bonchev–Trinajstić information content (AvgIpc) is 2.46. The molecule has 0 aliphatic heterocycles. The van der Waals surface area contributed by atoms with Crippen LogP contribution in [0.4, 0.5) is 4.39 Å². The van der Waals surface area contributed by atoms with E-state index >= 15 is 0 Å². The number of methoxy groups -OCH3 is 1. The second-order valence-electron chi connectivity index (χ2n) is 3.79. The zero-order valence-electron chi connectivity index (χ0n) is 10.3. The number of Topliss-reactive ketones (excluding diaryl/α,β-unsaturated/α-hetero) is 1. The van der Waals surface area contributed by atoms with Crippen LogP contribution in [0.1, 0.15) is 15.9 Å². The second kappa shape index (κ2) is 5.83. The Hall–Kier alpha value is -2.60. The molecule has 0 amide bonds. The number of hydrogen-bond donors (Lipinski definition) is 0. The van der Waals surface area contributed by atoms with Crippen LogP contribution in [0.3, 0.4) is 0 Å². The van der Waals surface area contributed by atoms with Crippen LogP contribution in [-0.4, -0.2) is 12.9 Å². The zero-order chi connectivity index (χ0) is 13.7. The summed E-state index contributed by atoms with van der Waals surface area (Å²) in [6.07, 6.45) is 0. The summed E-state index contributed by atoms with van der Waals surface area (Å²) in [6, 6.07) is 12.5. The van der Waals surface area contributed by atoms with Crippen molar-refractivity contribution in [2.24, 2.45) is 0 Å². The van der Waals surface area contributed by atoms with Crippen molar-refractivity contribution in [3.63, 3.8) is 0 Å². The summed E-state index contributed by atoms with van der Waals surface area (Å²) in [4.78, 5) is 11.9. The standard InChI is InChI=1S/C16H11FO2/c1-19-16-5-3-2-4-14(16)15(18)11-8-12-6-9-13(17)10-7-12/h2-7,9-10H,1H3. The van der Waals surface area contributed by atoms with Gasteiger partial charge < -0.3 is 4.74 Å². The number of halogens is 1. The van der Waals surface area contributed by atoms with Crippen LogP contribution in [0.2, 0.25) is 0 Å². The van der Waals surface area contributed by atoms with E-state index in [0.29, 0.717) is 16.9 Å². The van der Waals surface area contributed by atoms with Gasteiger partial charge in [0, 0.05) is 5.56 Å². The molecule has 0 heterocycles. The smallest absolute Gasteiger partial charge is 0.239 e. The minimum atomic E-state index is -0.332. The number of ketones is 1. The molecule has 0 aliphatic rings. The lowest BCUT2D eigenvalue weighted by molar-refractivity contribution is 0.105. The molecule has 0 N–H and O–H groups in total. The first-order valence-electron chi connectivity index (χ1n) is 5.65. The summed E-state index contributed by atoms with van der Waals surface area (Å²) < 4.78 is 17.8. The molecule has 0 radical (unpaired) electrons. The summed E-state index contributed by atoms with van der Waals surface area (Å²) in [5.74, 6) is 5.04. The fraction of sp³-hybridized carbons (Fsp3) is 0.0625. The molecule has 19 heavy (non-hydrogen) atoms. The van der Waals surface area contributed by atoms with Crippen LogP contribution in [0.25, 0.3) is 0 Å². The number of hydrogen-bond acceptors (Lipinski definition) is 2. The van der Waals surface area contributed by atoms with Gasteiger partial charge in [-0.1, -0.05) is 18.1 Å². The Morgan fingerprint density at radius 3 is 2.47 bits per heavy atom. The maximum Gasteiger partial charge on any atom is 0.239 e. The average molecular weight is 254 g/mol. The third kappa shape index (κ3) is 3.20. The molecule has 0 bridgehead atoms. The van der Waals surface area contributed by atoms with E-state index in [9.17, 15) is 9.18 Å². The van der Waals surface area contributed by atoms with Gasteiger partial charge in [-0.2, -0.15) is 0 Å². The van der Waals surface area contributed by atoms with E-state index in [1.165, 1.54) is 31.4 Å². The Morgan fingerprint density at radius 2 is 1.79 bits per heavy atom. The van der Waals surface area contributed by atoms with Gasteiger partial charge in [0.25, 0.3) is 0 Å². The summed E-state index contributed by atoms with van der Waals surface area (Å²) in [7, 11) is 1.50. The third-order valence-corrected chi connectivity index (χ3v) is 2.52. The van der Waals surface area contributed by atoms with E-state index < -0.39 is 0 Å². The molecule has 0 atom stereocenters. The molecular formula is C16H11FO2. The van der Waals surface area contributed by atoms with Crippen LogP contribution in [-0.2, 0) is 0 Å². The lowest BCUT2D eigenvalue weighted by Crippen LogP contribution is -1.98. The summed E-state index contributed by atoms with van der Waals surface area (Å²) in [5, 5.41) is 0. The molecule has 3 heteroatoms.